The van der Waals surface area contributed by atoms with E-state index in [1.165, 1.54) is 43.5 Å². The number of aliphatic carboxylic acids is 1. The molecule has 2 rings (SSSR count). The standard InChI is InChI=1S/C22H28FN3O6S.CH5N/c1-13(2)20-18(10-9-16(27)11-17(28)12-19(29)30)21(14-5-7-15(23)8-6-14)25-22(24-20)26(3)33(4,31)32;1-2/h5-10,13,16-17,27-28H,11-12H2,1-4H3,(H,29,30);2H2,1H3/b10-9+;/t16?,17-;/m1./s1. The van der Waals surface area contributed by atoms with Crippen molar-refractivity contribution in [1.82, 2.24) is 9.97 Å². The summed E-state index contributed by atoms with van der Waals surface area (Å²) in [6.45, 7) is 3.69. The Bertz CT molecular complexity index is 1120. The molecule has 2 atom stereocenters. The molecule has 1 unspecified atom stereocenters. The van der Waals surface area contributed by atoms with Crippen molar-refractivity contribution in [3.8, 4) is 11.3 Å². The third kappa shape index (κ3) is 8.98. The fourth-order valence-electron chi connectivity index (χ4n) is 3.04. The number of hydrogen-bond acceptors (Lipinski definition) is 8. The van der Waals surface area contributed by atoms with Crippen LogP contribution in [0.15, 0.2) is 30.3 Å². The molecule has 5 N–H and O–H groups in total. The minimum atomic E-state index is -3.66. The molecule has 0 aliphatic rings. The number of sulfonamides is 1. The Morgan fingerprint density at radius 3 is 2.26 bits per heavy atom. The molecule has 1 aromatic carbocycles. The van der Waals surface area contributed by atoms with Crippen LogP contribution in [0.1, 0.15) is 43.9 Å². The van der Waals surface area contributed by atoms with Gasteiger partial charge < -0.3 is 25.8 Å². The number of aliphatic hydroxyl groups excluding tert-OH is 2. The Labute approximate surface area is 205 Å². The number of carbonyl (C=O) groups excluding carboxylic acids is 1. The summed E-state index contributed by atoms with van der Waals surface area (Å²) in [4.78, 5) is 19.4. The van der Waals surface area contributed by atoms with Crippen LogP contribution in [-0.4, -0.2) is 67.1 Å². The normalized spacial score (nSPS) is 13.3. The molecule has 1 heterocycles. The van der Waals surface area contributed by atoms with E-state index in [2.05, 4.69) is 15.7 Å². The smallest absolute Gasteiger partial charge is 0.239 e. The van der Waals surface area contributed by atoms with Crippen molar-refractivity contribution >= 4 is 28.0 Å². The lowest BCUT2D eigenvalue weighted by atomic mass is 9.97. The van der Waals surface area contributed by atoms with Crippen molar-refractivity contribution < 1.29 is 38.7 Å². The highest BCUT2D eigenvalue weighted by Gasteiger charge is 2.22. The average molecular weight is 513 g/mol. The molecule has 0 saturated heterocycles. The lowest BCUT2D eigenvalue weighted by Gasteiger charge is -2.20. The summed E-state index contributed by atoms with van der Waals surface area (Å²) in [6.07, 6.45) is 0.578. The van der Waals surface area contributed by atoms with Crippen LogP contribution in [0.4, 0.5) is 10.3 Å². The molecule has 0 aliphatic heterocycles. The van der Waals surface area contributed by atoms with Crippen molar-refractivity contribution in [3.05, 3.63) is 47.4 Å². The van der Waals surface area contributed by atoms with Gasteiger partial charge in [-0.1, -0.05) is 26.0 Å². The third-order valence-electron chi connectivity index (χ3n) is 4.81. The SMILES string of the molecule is CC(C)c1nc(N(C)S(C)(=O)=O)nc(-c2ccc(F)cc2)c1/C=C/C(O)C[C@@H](O)CC(=O)[O-].C[NH3+]. The van der Waals surface area contributed by atoms with Gasteiger partial charge in [0.15, 0.2) is 0 Å². The van der Waals surface area contributed by atoms with Crippen molar-refractivity contribution in [2.24, 2.45) is 0 Å². The molecule has 0 spiro atoms. The van der Waals surface area contributed by atoms with E-state index in [9.17, 15) is 32.9 Å². The van der Waals surface area contributed by atoms with Crippen LogP contribution in [0, 0.1) is 5.82 Å². The lowest BCUT2D eigenvalue weighted by molar-refractivity contribution is -0.325. The number of benzene rings is 1. The topological polar surface area (TPSA) is 171 Å². The fourth-order valence-corrected chi connectivity index (χ4v) is 3.41. The minimum absolute atomic E-state index is 0.0670. The number of aliphatic hydroxyl groups is 2. The number of aromatic nitrogens is 2. The maximum absolute atomic E-state index is 13.5. The molecule has 0 fully saturated rings. The molecule has 2 aromatic rings. The maximum atomic E-state index is 13.5. The number of carbonyl (C=O) groups is 1. The summed E-state index contributed by atoms with van der Waals surface area (Å²) in [5, 5.41) is 30.6. The van der Waals surface area contributed by atoms with Gasteiger partial charge in [0.2, 0.25) is 16.0 Å². The lowest BCUT2D eigenvalue weighted by Crippen LogP contribution is -2.40. The van der Waals surface area contributed by atoms with E-state index in [0.29, 0.717) is 22.5 Å². The maximum Gasteiger partial charge on any atom is 0.239 e. The van der Waals surface area contributed by atoms with Gasteiger partial charge in [0, 0.05) is 37.0 Å². The van der Waals surface area contributed by atoms with Crippen LogP contribution in [0.3, 0.4) is 0 Å². The highest BCUT2D eigenvalue weighted by atomic mass is 32.2. The molecule has 0 amide bonds. The predicted octanol–water partition coefficient (Wildman–Crippen LogP) is -0.0749. The van der Waals surface area contributed by atoms with Crippen molar-refractivity contribution in [1.29, 1.82) is 0 Å². The quantitative estimate of drug-likeness (QED) is 0.397. The van der Waals surface area contributed by atoms with Gasteiger partial charge in [0.05, 0.1) is 36.9 Å². The van der Waals surface area contributed by atoms with E-state index >= 15 is 0 Å². The number of rotatable bonds is 10. The number of carboxylic acids is 1. The van der Waals surface area contributed by atoms with E-state index < -0.39 is 40.4 Å². The van der Waals surface area contributed by atoms with Gasteiger partial charge in [-0.05, 0) is 30.2 Å². The number of halogens is 1. The summed E-state index contributed by atoms with van der Waals surface area (Å²) >= 11 is 0. The number of nitrogens with zero attached hydrogens (tertiary/aromatic N) is 3. The zero-order valence-corrected chi connectivity index (χ0v) is 21.3. The molecule has 194 valence electrons. The van der Waals surface area contributed by atoms with Crippen molar-refractivity contribution in [2.45, 2.75) is 44.8 Å². The van der Waals surface area contributed by atoms with Crippen LogP contribution in [0.5, 0.6) is 0 Å². The highest BCUT2D eigenvalue weighted by Crippen LogP contribution is 2.31. The second-order valence-corrected chi connectivity index (χ2v) is 9.97. The fraction of sp³-hybridized carbons (Fsp3) is 0.435. The van der Waals surface area contributed by atoms with E-state index in [0.717, 1.165) is 10.6 Å². The average Bonchev–Trinajstić information content (AvgIpc) is 2.77. The zero-order chi connectivity index (χ0) is 26.9. The van der Waals surface area contributed by atoms with Crippen LogP contribution in [0.2, 0.25) is 0 Å². The molecule has 35 heavy (non-hydrogen) atoms. The second-order valence-electron chi connectivity index (χ2n) is 7.96. The van der Waals surface area contributed by atoms with Gasteiger partial charge in [0.1, 0.15) is 5.82 Å². The summed E-state index contributed by atoms with van der Waals surface area (Å²) in [5.74, 6) is -2.14. The Morgan fingerprint density at radius 1 is 1.20 bits per heavy atom. The third-order valence-corrected chi connectivity index (χ3v) is 5.97. The summed E-state index contributed by atoms with van der Waals surface area (Å²) in [6, 6.07) is 5.46. The molecule has 0 saturated carbocycles. The Balaban J connectivity index is 0.00000298. The number of quaternary nitrogens is 1. The highest BCUT2D eigenvalue weighted by molar-refractivity contribution is 7.92. The van der Waals surface area contributed by atoms with Crippen molar-refractivity contribution in [2.75, 3.05) is 24.7 Å². The zero-order valence-electron chi connectivity index (χ0n) is 20.5. The van der Waals surface area contributed by atoms with E-state index in [-0.39, 0.29) is 18.3 Å². The van der Waals surface area contributed by atoms with Crippen LogP contribution in [-0.2, 0) is 14.8 Å². The first-order valence-corrected chi connectivity index (χ1v) is 12.7. The first kappa shape index (κ1) is 30.1. The molecular formula is C23H33FN4O6S. The largest absolute Gasteiger partial charge is 0.550 e. The van der Waals surface area contributed by atoms with Gasteiger partial charge in [-0.25, -0.2) is 27.1 Å². The van der Waals surface area contributed by atoms with Crippen molar-refractivity contribution in [3.63, 3.8) is 0 Å². The molecule has 1 aromatic heterocycles. The van der Waals surface area contributed by atoms with E-state index in [4.69, 9.17) is 0 Å². The van der Waals surface area contributed by atoms with Gasteiger partial charge in [0.25, 0.3) is 0 Å². The van der Waals surface area contributed by atoms with E-state index in [1.54, 1.807) is 7.05 Å². The van der Waals surface area contributed by atoms with Crippen LogP contribution >= 0.6 is 0 Å². The van der Waals surface area contributed by atoms with Gasteiger partial charge in [-0.3, -0.25) is 0 Å². The monoisotopic (exact) mass is 512 g/mol. The Morgan fingerprint density at radius 2 is 1.77 bits per heavy atom. The molecule has 10 nitrogen and oxygen atoms in total. The molecule has 0 aliphatic carbocycles. The predicted molar refractivity (Wildman–Crippen MR) is 129 cm³/mol. The summed E-state index contributed by atoms with van der Waals surface area (Å²) in [5.41, 5.74) is 5.01. The first-order chi connectivity index (χ1) is 16.3. The number of carboxylic acid groups (broad SMARTS) is 1. The molecule has 0 radical (unpaired) electrons. The summed E-state index contributed by atoms with van der Waals surface area (Å²) < 4.78 is 38.6. The number of anilines is 1. The first-order valence-electron chi connectivity index (χ1n) is 10.9. The molecule has 0 bridgehead atoms. The Kier molecular flexibility index (Phi) is 11.4. The summed E-state index contributed by atoms with van der Waals surface area (Å²) in [7, 11) is -0.586. The second kappa shape index (κ2) is 13.2. The van der Waals surface area contributed by atoms with Gasteiger partial charge in [-0.2, -0.15) is 0 Å². The van der Waals surface area contributed by atoms with E-state index in [1.807, 2.05) is 13.8 Å². The van der Waals surface area contributed by atoms with Gasteiger partial charge >= 0.3 is 0 Å². The minimum Gasteiger partial charge on any atom is -0.550 e. The van der Waals surface area contributed by atoms with Crippen LogP contribution < -0.4 is 15.1 Å². The number of hydrogen-bond donors (Lipinski definition) is 3. The molecular weight excluding hydrogens is 479 g/mol. The Hall–Kier alpha value is -2.93. The van der Waals surface area contributed by atoms with Crippen LogP contribution in [0.25, 0.3) is 17.3 Å². The van der Waals surface area contributed by atoms with Gasteiger partial charge in [-0.15, -0.1) is 0 Å². The molecule has 12 heteroatoms.